The molecule has 3 atom stereocenters. The minimum atomic E-state index is -0.456. The van der Waals surface area contributed by atoms with Crippen LogP contribution in [0.2, 0.25) is 0 Å². The maximum atomic E-state index is 13.6. The van der Waals surface area contributed by atoms with Gasteiger partial charge in [0.2, 0.25) is 0 Å². The Kier molecular flexibility index (Phi) is 6.66. The third-order valence-corrected chi connectivity index (χ3v) is 7.14. The van der Waals surface area contributed by atoms with Crippen LogP contribution in [0.3, 0.4) is 0 Å². The topological polar surface area (TPSA) is 55.4 Å². The number of ketones is 1. The highest BCUT2D eigenvalue weighted by Gasteiger charge is 2.42. The fourth-order valence-electron chi connectivity index (χ4n) is 4.62. The lowest BCUT2D eigenvalue weighted by molar-refractivity contribution is -0.144. The minimum absolute atomic E-state index is 0.0784. The molecule has 2 aromatic carbocycles. The fraction of sp³-hybridized carbons (Fsp3) is 0.333. The number of carbonyl (C=O) groups is 2. The molecule has 1 heterocycles. The predicted molar refractivity (Wildman–Crippen MR) is 129 cm³/mol. The van der Waals surface area contributed by atoms with Gasteiger partial charge in [-0.3, -0.25) is 4.79 Å². The van der Waals surface area contributed by atoms with Crippen molar-refractivity contribution in [1.82, 2.24) is 5.32 Å². The summed E-state index contributed by atoms with van der Waals surface area (Å²) in [7, 11) is 0. The molecule has 0 unspecified atom stereocenters. The molecule has 4 nitrogen and oxygen atoms in total. The Balaban J connectivity index is 1.80. The summed E-state index contributed by atoms with van der Waals surface area (Å²) in [6, 6.07) is 18.0. The molecule has 2 aliphatic rings. The molecular weight excluding hydrogens is 466 g/mol. The van der Waals surface area contributed by atoms with Gasteiger partial charge in [0.15, 0.2) is 5.78 Å². The maximum absolute atomic E-state index is 13.6. The summed E-state index contributed by atoms with van der Waals surface area (Å²) < 4.78 is 6.59. The van der Waals surface area contributed by atoms with Crippen LogP contribution in [-0.4, -0.2) is 17.9 Å². The lowest BCUT2D eigenvalue weighted by atomic mass is 9.72. The van der Waals surface area contributed by atoms with Crippen LogP contribution in [0.1, 0.15) is 63.0 Å². The first-order valence-corrected chi connectivity index (χ1v) is 11.9. The number of carbonyl (C=O) groups excluding carboxylic acids is 2. The van der Waals surface area contributed by atoms with Crippen molar-refractivity contribution < 1.29 is 14.3 Å². The van der Waals surface area contributed by atoms with Crippen molar-refractivity contribution in [2.45, 2.75) is 58.0 Å². The summed E-state index contributed by atoms with van der Waals surface area (Å²) in [5.41, 5.74) is 4.93. The molecule has 1 N–H and O–H groups in total. The number of esters is 1. The van der Waals surface area contributed by atoms with E-state index in [-0.39, 0.29) is 23.8 Å². The van der Waals surface area contributed by atoms with E-state index in [0.29, 0.717) is 17.6 Å². The molecule has 0 saturated heterocycles. The van der Waals surface area contributed by atoms with Crippen molar-refractivity contribution >= 4 is 27.7 Å². The highest BCUT2D eigenvalue weighted by molar-refractivity contribution is 9.10. The van der Waals surface area contributed by atoms with Crippen molar-refractivity contribution in [1.29, 1.82) is 0 Å². The van der Waals surface area contributed by atoms with Crippen LogP contribution in [0.4, 0.5) is 0 Å². The molecule has 0 aromatic heterocycles. The van der Waals surface area contributed by atoms with Crippen molar-refractivity contribution in [3.8, 4) is 0 Å². The first-order chi connectivity index (χ1) is 15.4. The van der Waals surface area contributed by atoms with Crippen molar-refractivity contribution in [3.63, 3.8) is 0 Å². The predicted octanol–water partition coefficient (Wildman–Crippen LogP) is 6.15. The van der Waals surface area contributed by atoms with Crippen LogP contribution < -0.4 is 5.32 Å². The molecule has 0 radical (unpaired) electrons. The first-order valence-electron chi connectivity index (χ1n) is 11.1. The average molecular weight is 494 g/mol. The number of Topliss-reactive ketones (excluding diaryl/α,β-unsaturated/α-hetero) is 1. The summed E-state index contributed by atoms with van der Waals surface area (Å²) in [4.78, 5) is 26.8. The molecule has 0 bridgehead atoms. The van der Waals surface area contributed by atoms with Gasteiger partial charge in [0.05, 0.1) is 11.7 Å². The lowest BCUT2D eigenvalue weighted by Gasteiger charge is -2.37. The normalized spacial score (nSPS) is 21.7. The number of halogens is 1. The summed E-state index contributed by atoms with van der Waals surface area (Å²) in [5.74, 6) is -0.622. The number of ether oxygens (including phenoxy) is 1. The van der Waals surface area contributed by atoms with Crippen molar-refractivity contribution in [3.05, 3.63) is 92.7 Å². The number of dihydropyridines is 1. The second-order valence-electron chi connectivity index (χ2n) is 8.57. The number of benzene rings is 2. The SMILES string of the molecule is CC[C@@H](C)OC(=O)C1=C(C)NC2=C(C(=O)C[C@@H](c3ccccc3)C2)[C@@H]1c1ccccc1Br. The van der Waals surface area contributed by atoms with Gasteiger partial charge in [-0.25, -0.2) is 4.79 Å². The summed E-state index contributed by atoms with van der Waals surface area (Å²) in [5, 5.41) is 3.41. The molecule has 4 rings (SSSR count). The third-order valence-electron chi connectivity index (χ3n) is 6.42. The van der Waals surface area contributed by atoms with Gasteiger partial charge in [-0.15, -0.1) is 0 Å². The highest BCUT2D eigenvalue weighted by Crippen LogP contribution is 2.47. The van der Waals surface area contributed by atoms with Gasteiger partial charge >= 0.3 is 5.97 Å². The van der Waals surface area contributed by atoms with Crippen LogP contribution in [-0.2, 0) is 14.3 Å². The Labute approximate surface area is 197 Å². The zero-order chi connectivity index (χ0) is 22.8. The van der Waals surface area contributed by atoms with Crippen LogP contribution >= 0.6 is 15.9 Å². The number of hydrogen-bond acceptors (Lipinski definition) is 4. The van der Waals surface area contributed by atoms with E-state index in [4.69, 9.17) is 4.74 Å². The van der Waals surface area contributed by atoms with E-state index in [0.717, 1.165) is 39.8 Å². The number of rotatable bonds is 5. The molecule has 0 saturated carbocycles. The quantitative estimate of drug-likeness (QED) is 0.507. The maximum Gasteiger partial charge on any atom is 0.337 e. The number of nitrogens with one attached hydrogen (secondary N) is 1. The number of hydrogen-bond donors (Lipinski definition) is 1. The molecule has 1 aliphatic heterocycles. The van der Waals surface area contributed by atoms with Crippen LogP contribution in [0.25, 0.3) is 0 Å². The molecule has 5 heteroatoms. The molecule has 166 valence electrons. The fourth-order valence-corrected chi connectivity index (χ4v) is 5.13. The Hall–Kier alpha value is -2.66. The average Bonchev–Trinajstić information content (AvgIpc) is 2.78. The van der Waals surface area contributed by atoms with Crippen molar-refractivity contribution in [2.24, 2.45) is 0 Å². The van der Waals surface area contributed by atoms with Gasteiger partial charge in [0.25, 0.3) is 0 Å². The molecule has 0 fully saturated rings. The van der Waals surface area contributed by atoms with Gasteiger partial charge in [-0.1, -0.05) is 71.4 Å². The van der Waals surface area contributed by atoms with E-state index in [1.54, 1.807) is 0 Å². The standard InChI is InChI=1S/C27H28BrNO3/c1-4-16(2)32-27(31)24-17(3)29-22-14-19(18-10-6-5-7-11-18)15-23(30)26(22)25(24)20-12-8-9-13-21(20)28/h5-13,16,19,25,29H,4,14-15H2,1-3H3/t16-,19+,25-/m1/s1. The summed E-state index contributed by atoms with van der Waals surface area (Å²) in [6.45, 7) is 5.77. The Morgan fingerprint density at radius 1 is 1.12 bits per heavy atom. The van der Waals surface area contributed by atoms with Gasteiger partial charge in [0.1, 0.15) is 0 Å². The van der Waals surface area contributed by atoms with Gasteiger partial charge < -0.3 is 10.1 Å². The second-order valence-corrected chi connectivity index (χ2v) is 9.43. The van der Waals surface area contributed by atoms with Crippen LogP contribution in [0.5, 0.6) is 0 Å². The zero-order valence-electron chi connectivity index (χ0n) is 18.7. The van der Waals surface area contributed by atoms with E-state index >= 15 is 0 Å². The van der Waals surface area contributed by atoms with E-state index < -0.39 is 5.92 Å². The molecule has 0 spiro atoms. The van der Waals surface area contributed by atoms with Crippen molar-refractivity contribution in [2.75, 3.05) is 0 Å². The number of allylic oxidation sites excluding steroid dienone is 3. The highest BCUT2D eigenvalue weighted by atomic mass is 79.9. The molecule has 1 aliphatic carbocycles. The summed E-state index contributed by atoms with van der Waals surface area (Å²) in [6.07, 6.45) is 1.70. The largest absolute Gasteiger partial charge is 0.459 e. The van der Waals surface area contributed by atoms with E-state index in [9.17, 15) is 9.59 Å². The molecule has 32 heavy (non-hydrogen) atoms. The van der Waals surface area contributed by atoms with Gasteiger partial charge in [-0.2, -0.15) is 0 Å². The Morgan fingerprint density at radius 2 is 1.81 bits per heavy atom. The van der Waals surface area contributed by atoms with E-state index in [2.05, 4.69) is 33.4 Å². The van der Waals surface area contributed by atoms with Crippen LogP contribution in [0, 0.1) is 0 Å². The van der Waals surface area contributed by atoms with Gasteiger partial charge in [0, 0.05) is 33.8 Å². The van der Waals surface area contributed by atoms with Crippen LogP contribution in [0.15, 0.2) is 81.6 Å². The Morgan fingerprint density at radius 3 is 2.50 bits per heavy atom. The molecule has 0 amide bonds. The summed E-state index contributed by atoms with van der Waals surface area (Å²) >= 11 is 3.65. The van der Waals surface area contributed by atoms with E-state index in [1.165, 1.54) is 0 Å². The first kappa shape index (κ1) is 22.5. The Bertz CT molecular complexity index is 1100. The minimum Gasteiger partial charge on any atom is -0.459 e. The molecule has 2 aromatic rings. The lowest BCUT2D eigenvalue weighted by Crippen LogP contribution is -2.36. The third kappa shape index (κ3) is 4.31. The van der Waals surface area contributed by atoms with E-state index in [1.807, 2.05) is 63.2 Å². The smallest absolute Gasteiger partial charge is 0.337 e. The second kappa shape index (κ2) is 9.45. The van der Waals surface area contributed by atoms with Gasteiger partial charge in [-0.05, 0) is 49.8 Å². The molecular formula is C27H28BrNO3. The monoisotopic (exact) mass is 493 g/mol. The zero-order valence-corrected chi connectivity index (χ0v) is 20.2.